The Kier molecular flexibility index (Phi) is 3.64. The van der Waals surface area contributed by atoms with E-state index in [1.807, 2.05) is 0 Å². The molecule has 1 N–H and O–H groups in total. The molecule has 0 aromatic carbocycles. The number of fused-ring (bicyclic) bond motifs is 1. The third-order valence-electron chi connectivity index (χ3n) is 4.05. The molecular formula is C14H20N2OS. The molecule has 0 aliphatic heterocycles. The van der Waals surface area contributed by atoms with Gasteiger partial charge in [-0.25, -0.2) is 4.98 Å². The van der Waals surface area contributed by atoms with E-state index in [-0.39, 0.29) is 11.8 Å². The van der Waals surface area contributed by atoms with E-state index in [0.29, 0.717) is 0 Å². The molecule has 1 amide bonds. The summed E-state index contributed by atoms with van der Waals surface area (Å²) in [5.41, 5.74) is 1.24. The number of thiazole rings is 1. The van der Waals surface area contributed by atoms with Crippen LogP contribution in [0.2, 0.25) is 0 Å². The lowest BCUT2D eigenvalue weighted by atomic mass is 10.1. The number of carbonyl (C=O) groups excluding carboxylic acids is 1. The highest BCUT2D eigenvalue weighted by molar-refractivity contribution is 7.15. The van der Waals surface area contributed by atoms with Gasteiger partial charge in [0.25, 0.3) is 0 Å². The van der Waals surface area contributed by atoms with Gasteiger partial charge in [-0.05, 0) is 38.5 Å². The highest BCUT2D eigenvalue weighted by Gasteiger charge is 2.24. The van der Waals surface area contributed by atoms with Gasteiger partial charge in [-0.2, -0.15) is 0 Å². The maximum Gasteiger partial charge on any atom is 0.229 e. The van der Waals surface area contributed by atoms with Gasteiger partial charge < -0.3 is 5.32 Å². The number of carbonyl (C=O) groups is 1. The summed E-state index contributed by atoms with van der Waals surface area (Å²) in [6.07, 6.45) is 10.6. The van der Waals surface area contributed by atoms with Gasteiger partial charge in [0.15, 0.2) is 5.13 Å². The maximum atomic E-state index is 12.1. The summed E-state index contributed by atoms with van der Waals surface area (Å²) in [6, 6.07) is 0. The second-order valence-corrected chi connectivity index (χ2v) is 6.50. The van der Waals surface area contributed by atoms with Crippen molar-refractivity contribution in [2.75, 3.05) is 5.32 Å². The average molecular weight is 264 g/mol. The summed E-state index contributed by atoms with van der Waals surface area (Å²) in [7, 11) is 0. The number of aryl methyl sites for hydroxylation is 2. The third-order valence-corrected chi connectivity index (χ3v) is 5.12. The Hall–Kier alpha value is -0.900. The molecule has 1 heterocycles. The van der Waals surface area contributed by atoms with Crippen LogP contribution in [-0.2, 0) is 17.6 Å². The van der Waals surface area contributed by atoms with E-state index in [4.69, 9.17) is 0 Å². The average Bonchev–Trinajstić information content (AvgIpc) is 2.96. The molecule has 1 aromatic heterocycles. The predicted octanol–water partition coefficient (Wildman–Crippen LogP) is 3.54. The number of nitrogens with one attached hydrogen (secondary N) is 1. The Labute approximate surface area is 112 Å². The van der Waals surface area contributed by atoms with Crippen LogP contribution in [0.25, 0.3) is 0 Å². The molecule has 4 heteroatoms. The molecule has 3 rings (SSSR count). The highest BCUT2D eigenvalue weighted by Crippen LogP contribution is 2.31. The van der Waals surface area contributed by atoms with Crippen molar-refractivity contribution in [2.45, 2.75) is 57.8 Å². The minimum absolute atomic E-state index is 0.191. The zero-order valence-corrected chi connectivity index (χ0v) is 11.5. The summed E-state index contributed by atoms with van der Waals surface area (Å²) >= 11 is 1.69. The van der Waals surface area contributed by atoms with Crippen LogP contribution in [0.3, 0.4) is 0 Å². The van der Waals surface area contributed by atoms with Crippen molar-refractivity contribution in [2.24, 2.45) is 5.92 Å². The van der Waals surface area contributed by atoms with Gasteiger partial charge in [-0.1, -0.05) is 19.3 Å². The van der Waals surface area contributed by atoms with Crippen molar-refractivity contribution in [1.29, 1.82) is 0 Å². The zero-order chi connectivity index (χ0) is 12.4. The first-order valence-electron chi connectivity index (χ1n) is 7.12. The monoisotopic (exact) mass is 264 g/mol. The van der Waals surface area contributed by atoms with E-state index in [2.05, 4.69) is 10.3 Å². The minimum Gasteiger partial charge on any atom is -0.302 e. The van der Waals surface area contributed by atoms with Crippen LogP contribution in [0.15, 0.2) is 0 Å². The molecule has 0 radical (unpaired) electrons. The number of anilines is 1. The summed E-state index contributed by atoms with van der Waals surface area (Å²) in [6.45, 7) is 0. The number of hydrogen-bond acceptors (Lipinski definition) is 3. The fraction of sp³-hybridized carbons (Fsp3) is 0.714. The highest BCUT2D eigenvalue weighted by atomic mass is 32.1. The van der Waals surface area contributed by atoms with Crippen molar-refractivity contribution in [3.05, 3.63) is 10.6 Å². The standard InChI is InChI=1S/C14H20N2OS/c17-13(10-6-4-5-7-10)16-14-15-11-8-2-1-3-9-12(11)18-14/h10H,1-9H2,(H,15,16,17). The van der Waals surface area contributed by atoms with E-state index in [9.17, 15) is 4.79 Å². The van der Waals surface area contributed by atoms with Crippen molar-refractivity contribution in [3.63, 3.8) is 0 Å². The molecule has 0 bridgehead atoms. The number of hydrogen-bond donors (Lipinski definition) is 1. The first-order chi connectivity index (χ1) is 8.83. The van der Waals surface area contributed by atoms with E-state index >= 15 is 0 Å². The van der Waals surface area contributed by atoms with Gasteiger partial charge >= 0.3 is 0 Å². The van der Waals surface area contributed by atoms with Gasteiger partial charge in [-0.15, -0.1) is 11.3 Å². The lowest BCUT2D eigenvalue weighted by molar-refractivity contribution is -0.119. The molecule has 1 aromatic rings. The molecule has 18 heavy (non-hydrogen) atoms. The lowest BCUT2D eigenvalue weighted by Crippen LogP contribution is -2.20. The van der Waals surface area contributed by atoms with Gasteiger partial charge in [0, 0.05) is 10.8 Å². The molecule has 98 valence electrons. The quantitative estimate of drug-likeness (QED) is 0.830. The summed E-state index contributed by atoms with van der Waals surface area (Å²) in [4.78, 5) is 18.1. The molecule has 0 spiro atoms. The second-order valence-electron chi connectivity index (χ2n) is 5.42. The number of amides is 1. The van der Waals surface area contributed by atoms with Gasteiger partial charge in [-0.3, -0.25) is 4.79 Å². The number of nitrogens with zero attached hydrogens (tertiary/aromatic N) is 1. The first kappa shape index (κ1) is 12.2. The SMILES string of the molecule is O=C(Nc1nc2c(s1)CCCCC2)C1CCCC1. The second kappa shape index (κ2) is 5.39. The Morgan fingerprint density at radius 2 is 1.89 bits per heavy atom. The zero-order valence-electron chi connectivity index (χ0n) is 10.7. The van der Waals surface area contributed by atoms with Crippen LogP contribution in [0.4, 0.5) is 5.13 Å². The fourth-order valence-electron chi connectivity index (χ4n) is 2.98. The molecule has 2 aliphatic rings. The Morgan fingerprint density at radius 3 is 2.72 bits per heavy atom. The molecule has 0 atom stereocenters. The van der Waals surface area contributed by atoms with Crippen LogP contribution >= 0.6 is 11.3 Å². The Bertz CT molecular complexity index is 412. The molecule has 1 saturated carbocycles. The molecule has 0 saturated heterocycles. The van der Waals surface area contributed by atoms with Gasteiger partial charge in [0.05, 0.1) is 5.69 Å². The molecule has 1 fully saturated rings. The van der Waals surface area contributed by atoms with E-state index < -0.39 is 0 Å². The smallest absolute Gasteiger partial charge is 0.229 e. The van der Waals surface area contributed by atoms with E-state index in [1.165, 1.54) is 42.7 Å². The van der Waals surface area contributed by atoms with Gasteiger partial charge in [0.2, 0.25) is 5.91 Å². The first-order valence-corrected chi connectivity index (χ1v) is 7.94. The largest absolute Gasteiger partial charge is 0.302 e. The normalized spacial score (nSPS) is 20.4. The van der Waals surface area contributed by atoms with Crippen molar-refractivity contribution in [3.8, 4) is 0 Å². The minimum atomic E-state index is 0.191. The summed E-state index contributed by atoms with van der Waals surface area (Å²) in [5.74, 6) is 0.421. The number of rotatable bonds is 2. The topological polar surface area (TPSA) is 42.0 Å². The predicted molar refractivity (Wildman–Crippen MR) is 74.0 cm³/mol. The summed E-state index contributed by atoms with van der Waals surface area (Å²) < 4.78 is 0. The van der Waals surface area contributed by atoms with Crippen LogP contribution in [-0.4, -0.2) is 10.9 Å². The number of aromatic nitrogens is 1. The Balaban J connectivity index is 1.67. The maximum absolute atomic E-state index is 12.1. The van der Waals surface area contributed by atoms with Crippen molar-refractivity contribution in [1.82, 2.24) is 4.98 Å². The third kappa shape index (κ3) is 2.58. The Morgan fingerprint density at radius 1 is 1.11 bits per heavy atom. The van der Waals surface area contributed by atoms with Crippen LogP contribution in [0, 0.1) is 5.92 Å². The van der Waals surface area contributed by atoms with E-state index in [0.717, 1.165) is 30.8 Å². The van der Waals surface area contributed by atoms with E-state index in [1.54, 1.807) is 11.3 Å². The molecule has 2 aliphatic carbocycles. The lowest BCUT2D eigenvalue weighted by Gasteiger charge is -2.07. The van der Waals surface area contributed by atoms with Crippen LogP contribution in [0.1, 0.15) is 55.5 Å². The van der Waals surface area contributed by atoms with Gasteiger partial charge in [0.1, 0.15) is 0 Å². The van der Waals surface area contributed by atoms with Crippen LogP contribution in [0.5, 0.6) is 0 Å². The molecular weight excluding hydrogens is 244 g/mol. The molecule has 0 unspecified atom stereocenters. The van der Waals surface area contributed by atoms with Crippen molar-refractivity contribution >= 4 is 22.4 Å². The molecule has 3 nitrogen and oxygen atoms in total. The van der Waals surface area contributed by atoms with Crippen LogP contribution < -0.4 is 5.32 Å². The van der Waals surface area contributed by atoms with Crippen molar-refractivity contribution < 1.29 is 4.79 Å². The summed E-state index contributed by atoms with van der Waals surface area (Å²) in [5, 5.41) is 3.86. The fourth-order valence-corrected chi connectivity index (χ4v) is 4.03.